The van der Waals surface area contributed by atoms with Crippen LogP contribution in [0.4, 0.5) is 0 Å². The fourth-order valence-corrected chi connectivity index (χ4v) is 7.21. The molecule has 124 valence electrons. The highest BCUT2D eigenvalue weighted by Crippen LogP contribution is 2.26. The molecule has 2 rings (SSSR count). The minimum Gasteiger partial charge on any atom is -0.242 e. The van der Waals surface area contributed by atoms with Gasteiger partial charge in [0.2, 0.25) is 0 Å². The summed E-state index contributed by atoms with van der Waals surface area (Å²) in [6.45, 7) is 10.7. The van der Waals surface area contributed by atoms with Crippen molar-refractivity contribution in [2.75, 3.05) is 0 Å². The van der Waals surface area contributed by atoms with E-state index in [-0.39, 0.29) is 10.4 Å². The van der Waals surface area contributed by atoms with E-state index in [0.29, 0.717) is 0 Å². The highest BCUT2D eigenvalue weighted by molar-refractivity contribution is 7.84. The monoisotopic (exact) mass is 345 g/mol. The summed E-state index contributed by atoms with van der Waals surface area (Å²) < 4.78 is 15.9. The van der Waals surface area contributed by atoms with Crippen molar-refractivity contribution in [2.24, 2.45) is 0 Å². The molecule has 0 fully saturated rings. The van der Waals surface area contributed by atoms with Crippen LogP contribution in [0, 0.1) is 0 Å². The van der Waals surface area contributed by atoms with Gasteiger partial charge >= 0.3 is 0 Å². The van der Waals surface area contributed by atoms with Crippen molar-refractivity contribution in [2.45, 2.75) is 44.3 Å². The Kier molecular flexibility index (Phi) is 5.60. The second-order valence-electron chi connectivity index (χ2n) is 7.43. The van der Waals surface area contributed by atoms with Gasteiger partial charge in [-0.1, -0.05) is 78.9 Å². The Balaban J connectivity index is 2.44. The van der Waals surface area contributed by atoms with E-state index in [9.17, 15) is 4.21 Å². The summed E-state index contributed by atoms with van der Waals surface area (Å²) in [5, 5.41) is 1.37. The van der Waals surface area contributed by atoms with Gasteiger partial charge in [0.25, 0.3) is 0 Å². The van der Waals surface area contributed by atoms with Crippen molar-refractivity contribution in [3.8, 4) is 0 Å². The average Bonchev–Trinajstić information content (AvgIpc) is 2.53. The lowest BCUT2D eigenvalue weighted by molar-refractivity contribution is 0.630. The van der Waals surface area contributed by atoms with Crippen LogP contribution in [0.15, 0.2) is 60.7 Å². The van der Waals surface area contributed by atoms with Crippen LogP contribution in [0.25, 0.3) is 0 Å². The summed E-state index contributed by atoms with van der Waals surface area (Å²) in [6, 6.07) is 21.0. The third-order valence-electron chi connectivity index (χ3n) is 4.15. The first kappa shape index (κ1) is 18.1. The number of rotatable bonds is 5. The van der Waals surface area contributed by atoms with E-state index in [1.807, 2.05) is 32.9 Å². The third-order valence-corrected chi connectivity index (χ3v) is 9.67. The Morgan fingerprint density at radius 2 is 1.39 bits per heavy atom. The first-order valence-corrected chi connectivity index (χ1v) is 12.2. The third kappa shape index (κ3) is 4.40. The van der Waals surface area contributed by atoms with Gasteiger partial charge in [-0.15, -0.1) is 0 Å². The quantitative estimate of drug-likeness (QED) is 0.817. The molecule has 0 radical (unpaired) electrons. The number of benzene rings is 2. The zero-order valence-corrected chi connectivity index (χ0v) is 16.5. The molecule has 0 saturated heterocycles. The van der Waals surface area contributed by atoms with Crippen molar-refractivity contribution in [1.82, 2.24) is 4.72 Å². The van der Waals surface area contributed by atoms with E-state index in [0.717, 1.165) is 0 Å². The van der Waals surface area contributed by atoms with Gasteiger partial charge in [-0.25, -0.2) is 8.93 Å². The Hall–Kier alpha value is -1.23. The Bertz CT molecular complexity index is 650. The number of nitrogens with one attached hydrogen (secondary N) is 1. The van der Waals surface area contributed by atoms with Gasteiger partial charge < -0.3 is 0 Å². The maximum Gasteiger partial charge on any atom is 0.105 e. The van der Waals surface area contributed by atoms with Crippen molar-refractivity contribution in [3.05, 3.63) is 66.2 Å². The smallest absolute Gasteiger partial charge is 0.105 e. The minimum atomic E-state index is -1.90. The second kappa shape index (κ2) is 7.12. The predicted molar refractivity (Wildman–Crippen MR) is 104 cm³/mol. The molecule has 0 bridgehead atoms. The molecule has 0 aliphatic heterocycles. The first-order valence-electron chi connectivity index (χ1n) is 8.01. The highest BCUT2D eigenvalue weighted by atomic mass is 32.2. The van der Waals surface area contributed by atoms with Crippen LogP contribution in [-0.2, 0) is 11.0 Å². The normalized spacial score (nSPS) is 15.2. The van der Waals surface area contributed by atoms with E-state index in [4.69, 9.17) is 0 Å². The molecule has 0 aromatic heterocycles. The lowest BCUT2D eigenvalue weighted by atomic mass is 10.2. The first-order chi connectivity index (χ1) is 10.7. The van der Waals surface area contributed by atoms with Crippen LogP contribution in [0.2, 0.25) is 13.1 Å². The van der Waals surface area contributed by atoms with Gasteiger partial charge in [0.05, 0.1) is 15.7 Å². The molecule has 0 unspecified atom stereocenters. The predicted octanol–water partition coefficient (Wildman–Crippen LogP) is 3.93. The molecule has 4 heteroatoms. The highest BCUT2D eigenvalue weighted by Gasteiger charge is 2.37. The van der Waals surface area contributed by atoms with E-state index >= 15 is 0 Å². The summed E-state index contributed by atoms with van der Waals surface area (Å²) in [4.78, 5) is 0. The lowest BCUT2D eigenvalue weighted by Crippen LogP contribution is -2.54. The van der Waals surface area contributed by atoms with E-state index in [1.54, 1.807) is 0 Å². The lowest BCUT2D eigenvalue weighted by Gasteiger charge is -2.35. The van der Waals surface area contributed by atoms with Crippen LogP contribution in [0.5, 0.6) is 0 Å². The molecule has 0 heterocycles. The van der Waals surface area contributed by atoms with E-state index in [1.165, 1.54) is 10.8 Å². The van der Waals surface area contributed by atoms with Crippen LogP contribution < -0.4 is 9.91 Å². The molecule has 23 heavy (non-hydrogen) atoms. The van der Waals surface area contributed by atoms with Crippen LogP contribution in [0.3, 0.4) is 0 Å². The second-order valence-corrected chi connectivity index (χ2v) is 14.0. The van der Waals surface area contributed by atoms with Crippen LogP contribution in [0.1, 0.15) is 32.0 Å². The van der Waals surface area contributed by atoms with Gasteiger partial charge in [0.15, 0.2) is 0 Å². The van der Waals surface area contributed by atoms with Gasteiger partial charge in [0.1, 0.15) is 8.07 Å². The summed E-state index contributed by atoms with van der Waals surface area (Å²) in [7, 11) is -3.00. The molecule has 0 saturated carbocycles. The van der Waals surface area contributed by atoms with Crippen molar-refractivity contribution >= 4 is 24.2 Å². The van der Waals surface area contributed by atoms with Crippen LogP contribution >= 0.6 is 0 Å². The average molecular weight is 346 g/mol. The summed E-state index contributed by atoms with van der Waals surface area (Å²) in [6.07, 6.45) is 0. The molecule has 0 amide bonds. The van der Waals surface area contributed by atoms with Crippen molar-refractivity contribution < 1.29 is 4.21 Å². The largest absolute Gasteiger partial charge is 0.242 e. The molecule has 2 atom stereocenters. The van der Waals surface area contributed by atoms with Crippen molar-refractivity contribution in [3.63, 3.8) is 0 Å². The summed E-state index contributed by atoms with van der Waals surface area (Å²) >= 11 is 0. The summed E-state index contributed by atoms with van der Waals surface area (Å²) in [5.41, 5.74) is 1.32. The molecular weight excluding hydrogens is 318 g/mol. The fraction of sp³-hybridized carbons (Fsp3) is 0.368. The molecule has 0 aliphatic carbocycles. The topological polar surface area (TPSA) is 29.1 Å². The SMILES string of the molecule is CC(C)(C)[S@@](=O)N[C@@H](c1ccccc1)[Si](C)(C)c1ccccc1. The van der Waals surface area contributed by atoms with Crippen LogP contribution in [-0.4, -0.2) is 17.0 Å². The Morgan fingerprint density at radius 1 is 0.913 bits per heavy atom. The van der Waals surface area contributed by atoms with Gasteiger partial charge in [-0.3, -0.25) is 0 Å². The molecule has 2 nitrogen and oxygen atoms in total. The Labute approximate surface area is 143 Å². The molecule has 2 aromatic carbocycles. The standard InChI is InChI=1S/C19H27NOSSi/c1-19(2,3)22(21)20-18(16-12-8-6-9-13-16)23(4,5)17-14-10-7-11-15-17/h6-15,18,20H,1-5H3/t18-,22-/m1/s1. The molecule has 2 aromatic rings. The molecule has 1 N–H and O–H groups in total. The maximum atomic E-state index is 12.7. The zero-order valence-electron chi connectivity index (χ0n) is 14.7. The molecule has 0 spiro atoms. The molecular formula is C19H27NOSSi. The van der Waals surface area contributed by atoms with Gasteiger partial charge in [-0.2, -0.15) is 0 Å². The van der Waals surface area contributed by atoms with Crippen molar-refractivity contribution in [1.29, 1.82) is 0 Å². The van der Waals surface area contributed by atoms with E-state index in [2.05, 4.69) is 66.3 Å². The fourth-order valence-electron chi connectivity index (χ4n) is 2.60. The number of hydrogen-bond acceptors (Lipinski definition) is 1. The minimum absolute atomic E-state index is 0.103. The Morgan fingerprint density at radius 3 is 1.87 bits per heavy atom. The van der Waals surface area contributed by atoms with Gasteiger partial charge in [-0.05, 0) is 26.3 Å². The maximum absolute atomic E-state index is 12.7. The van der Waals surface area contributed by atoms with E-state index < -0.39 is 19.1 Å². The molecule has 0 aliphatic rings. The number of hydrogen-bond donors (Lipinski definition) is 1. The summed E-state index contributed by atoms with van der Waals surface area (Å²) in [5.74, 6) is 0. The van der Waals surface area contributed by atoms with Gasteiger partial charge in [0, 0.05) is 5.67 Å². The zero-order chi connectivity index (χ0) is 17.1.